The molecule has 29 heavy (non-hydrogen) atoms. The van der Waals surface area contributed by atoms with E-state index in [4.69, 9.17) is 4.74 Å². The van der Waals surface area contributed by atoms with Crippen molar-refractivity contribution in [1.29, 1.82) is 0 Å². The minimum absolute atomic E-state index is 0.130. The molecular formula is C24H28FNO3. The summed E-state index contributed by atoms with van der Waals surface area (Å²) >= 11 is 0. The van der Waals surface area contributed by atoms with Crippen molar-refractivity contribution in [2.24, 2.45) is 5.92 Å². The summed E-state index contributed by atoms with van der Waals surface area (Å²) in [7, 11) is 0. The second kappa shape index (κ2) is 8.36. The summed E-state index contributed by atoms with van der Waals surface area (Å²) in [5.74, 6) is -0.919. The zero-order chi connectivity index (χ0) is 21.2. The van der Waals surface area contributed by atoms with E-state index in [9.17, 15) is 14.0 Å². The van der Waals surface area contributed by atoms with Crippen LogP contribution in [-0.4, -0.2) is 35.5 Å². The van der Waals surface area contributed by atoms with Crippen molar-refractivity contribution in [3.63, 3.8) is 0 Å². The molecule has 1 fully saturated rings. The van der Waals surface area contributed by atoms with E-state index < -0.39 is 17.5 Å². The Morgan fingerprint density at radius 3 is 2.55 bits per heavy atom. The van der Waals surface area contributed by atoms with E-state index >= 15 is 0 Å². The average molecular weight is 397 g/mol. The van der Waals surface area contributed by atoms with Gasteiger partial charge in [0.1, 0.15) is 11.4 Å². The van der Waals surface area contributed by atoms with Gasteiger partial charge in [0, 0.05) is 30.1 Å². The van der Waals surface area contributed by atoms with Crippen molar-refractivity contribution in [2.45, 2.75) is 46.1 Å². The quantitative estimate of drug-likeness (QED) is 0.631. The fourth-order valence-corrected chi connectivity index (χ4v) is 3.73. The number of Topliss-reactive ketones (excluding diaryl/α,β-unsaturated/α-hetero) is 1. The first-order valence-electron chi connectivity index (χ1n) is 10.0. The summed E-state index contributed by atoms with van der Waals surface area (Å²) < 4.78 is 20.2. The lowest BCUT2D eigenvalue weighted by molar-refractivity contribution is 0.0172. The van der Waals surface area contributed by atoms with E-state index in [0.29, 0.717) is 36.1 Å². The largest absolute Gasteiger partial charge is 0.444 e. The van der Waals surface area contributed by atoms with Gasteiger partial charge in [-0.1, -0.05) is 42.0 Å². The van der Waals surface area contributed by atoms with Gasteiger partial charge in [-0.25, -0.2) is 9.18 Å². The van der Waals surface area contributed by atoms with Gasteiger partial charge in [-0.3, -0.25) is 4.79 Å². The highest BCUT2D eigenvalue weighted by atomic mass is 19.1. The zero-order valence-electron chi connectivity index (χ0n) is 17.5. The molecule has 0 saturated carbocycles. The molecule has 1 aliphatic rings. The molecule has 1 unspecified atom stereocenters. The van der Waals surface area contributed by atoms with Crippen molar-refractivity contribution in [2.75, 3.05) is 13.1 Å². The number of ether oxygens (including phenoxy) is 1. The molecule has 2 aromatic carbocycles. The number of aryl methyl sites for hydroxylation is 1. The van der Waals surface area contributed by atoms with E-state index in [1.165, 1.54) is 6.07 Å². The number of amides is 1. The first-order chi connectivity index (χ1) is 13.7. The van der Waals surface area contributed by atoms with Crippen LogP contribution in [0.2, 0.25) is 0 Å². The molecule has 154 valence electrons. The summed E-state index contributed by atoms with van der Waals surface area (Å²) in [5, 5.41) is 0. The van der Waals surface area contributed by atoms with E-state index in [0.717, 1.165) is 5.56 Å². The number of likely N-dealkylation sites (tertiary alicyclic amines) is 1. The van der Waals surface area contributed by atoms with Crippen LogP contribution < -0.4 is 0 Å². The monoisotopic (exact) mass is 397 g/mol. The third-order valence-electron chi connectivity index (χ3n) is 5.03. The zero-order valence-corrected chi connectivity index (χ0v) is 17.5. The Balaban J connectivity index is 1.87. The number of ketones is 1. The van der Waals surface area contributed by atoms with Crippen LogP contribution in [0.1, 0.15) is 49.5 Å². The molecule has 1 saturated heterocycles. The number of piperidine rings is 1. The summed E-state index contributed by atoms with van der Waals surface area (Å²) in [6.07, 6.45) is 0.972. The number of halogens is 1. The molecule has 0 N–H and O–H groups in total. The number of carbonyl (C=O) groups is 2. The molecule has 0 spiro atoms. The third kappa shape index (κ3) is 5.03. The maximum atomic E-state index is 14.7. The second-order valence-corrected chi connectivity index (χ2v) is 8.66. The predicted octanol–water partition coefficient (Wildman–Crippen LogP) is 5.63. The molecule has 2 aromatic rings. The highest BCUT2D eigenvalue weighted by Crippen LogP contribution is 2.31. The smallest absolute Gasteiger partial charge is 0.410 e. The van der Waals surface area contributed by atoms with Crippen LogP contribution >= 0.6 is 0 Å². The van der Waals surface area contributed by atoms with Crippen molar-refractivity contribution in [3.05, 3.63) is 59.4 Å². The molecule has 1 heterocycles. The van der Waals surface area contributed by atoms with Crippen LogP contribution in [0, 0.1) is 18.7 Å². The van der Waals surface area contributed by atoms with Crippen LogP contribution in [0.4, 0.5) is 9.18 Å². The number of nitrogens with zero attached hydrogens (tertiary/aromatic N) is 1. The maximum absolute atomic E-state index is 14.7. The second-order valence-electron chi connectivity index (χ2n) is 8.66. The van der Waals surface area contributed by atoms with E-state index in [-0.39, 0.29) is 18.2 Å². The molecular weight excluding hydrogens is 369 g/mol. The number of carbonyl (C=O) groups excluding carboxylic acids is 2. The topological polar surface area (TPSA) is 46.6 Å². The van der Waals surface area contributed by atoms with Crippen LogP contribution in [0.3, 0.4) is 0 Å². The van der Waals surface area contributed by atoms with Crippen LogP contribution in [-0.2, 0) is 4.74 Å². The van der Waals surface area contributed by atoms with Gasteiger partial charge in [0.2, 0.25) is 0 Å². The molecule has 3 rings (SSSR count). The number of rotatable bonds is 3. The van der Waals surface area contributed by atoms with E-state index in [1.807, 2.05) is 52.0 Å². The maximum Gasteiger partial charge on any atom is 0.410 e. The van der Waals surface area contributed by atoms with Crippen LogP contribution in [0.5, 0.6) is 0 Å². The normalized spacial score (nSPS) is 17.1. The summed E-state index contributed by atoms with van der Waals surface area (Å²) in [6, 6.07) is 12.1. The van der Waals surface area contributed by atoms with Crippen molar-refractivity contribution < 1.29 is 18.7 Å². The molecule has 0 aromatic heterocycles. The lowest BCUT2D eigenvalue weighted by Gasteiger charge is -2.33. The standard InChI is InChI=1S/C24H28FNO3/c1-16-8-5-9-17(14-16)21-19(11-6-12-20(21)25)22(27)18-10-7-13-26(15-18)23(28)29-24(2,3)4/h5-6,8-9,11-12,14,18H,7,10,13,15H2,1-4H3. The van der Waals surface area contributed by atoms with Gasteiger partial charge in [0.15, 0.2) is 5.78 Å². The van der Waals surface area contributed by atoms with Gasteiger partial charge in [-0.2, -0.15) is 0 Å². The summed E-state index contributed by atoms with van der Waals surface area (Å²) in [6.45, 7) is 8.24. The van der Waals surface area contributed by atoms with E-state index in [1.54, 1.807) is 17.0 Å². The molecule has 0 bridgehead atoms. The minimum atomic E-state index is -0.588. The summed E-state index contributed by atoms with van der Waals surface area (Å²) in [4.78, 5) is 27.4. The molecule has 1 aliphatic heterocycles. The Labute approximate surface area is 171 Å². The Hall–Kier alpha value is -2.69. The molecule has 1 amide bonds. The van der Waals surface area contributed by atoms with Crippen molar-refractivity contribution >= 4 is 11.9 Å². The lowest BCUT2D eigenvalue weighted by atomic mass is 9.86. The van der Waals surface area contributed by atoms with Gasteiger partial charge in [-0.15, -0.1) is 0 Å². The van der Waals surface area contributed by atoms with Gasteiger partial charge in [0.25, 0.3) is 0 Å². The minimum Gasteiger partial charge on any atom is -0.444 e. The van der Waals surface area contributed by atoms with Gasteiger partial charge in [0.05, 0.1) is 0 Å². The molecule has 5 heteroatoms. The van der Waals surface area contributed by atoms with Crippen molar-refractivity contribution in [3.8, 4) is 11.1 Å². The van der Waals surface area contributed by atoms with Crippen LogP contribution in [0.15, 0.2) is 42.5 Å². The number of hydrogen-bond acceptors (Lipinski definition) is 3. The Morgan fingerprint density at radius 1 is 1.14 bits per heavy atom. The van der Waals surface area contributed by atoms with Gasteiger partial charge in [-0.05, 0) is 52.2 Å². The number of benzene rings is 2. The van der Waals surface area contributed by atoms with Crippen molar-refractivity contribution in [1.82, 2.24) is 4.90 Å². The summed E-state index contributed by atoms with van der Waals surface area (Å²) in [5.41, 5.74) is 1.79. The highest BCUT2D eigenvalue weighted by molar-refractivity contribution is 6.04. The Bertz CT molecular complexity index is 917. The fraction of sp³-hybridized carbons (Fsp3) is 0.417. The van der Waals surface area contributed by atoms with E-state index in [2.05, 4.69) is 0 Å². The highest BCUT2D eigenvalue weighted by Gasteiger charge is 2.32. The SMILES string of the molecule is Cc1cccc(-c2c(F)cccc2C(=O)C2CCCN(C(=O)OC(C)(C)C)C2)c1. The third-order valence-corrected chi connectivity index (χ3v) is 5.03. The van der Waals surface area contributed by atoms with Gasteiger partial charge >= 0.3 is 6.09 Å². The molecule has 0 aliphatic carbocycles. The lowest BCUT2D eigenvalue weighted by Crippen LogP contribution is -2.44. The average Bonchev–Trinajstić information content (AvgIpc) is 2.66. The fourth-order valence-electron chi connectivity index (χ4n) is 3.73. The van der Waals surface area contributed by atoms with Gasteiger partial charge < -0.3 is 9.64 Å². The predicted molar refractivity (Wildman–Crippen MR) is 111 cm³/mol. The first-order valence-corrected chi connectivity index (χ1v) is 10.0. The molecule has 0 radical (unpaired) electrons. The van der Waals surface area contributed by atoms with Crippen LogP contribution in [0.25, 0.3) is 11.1 Å². The first kappa shape index (κ1) is 21.0. The Kier molecular flexibility index (Phi) is 6.06. The molecule has 4 nitrogen and oxygen atoms in total. The Morgan fingerprint density at radius 2 is 1.86 bits per heavy atom. The number of hydrogen-bond donors (Lipinski definition) is 0. The molecule has 1 atom stereocenters.